The molecule has 1 aliphatic rings. The number of halogens is 1. The van der Waals surface area contributed by atoms with Gasteiger partial charge in [-0.1, -0.05) is 31.7 Å². The van der Waals surface area contributed by atoms with E-state index in [2.05, 4.69) is 48.0 Å². The van der Waals surface area contributed by atoms with E-state index < -0.39 is 0 Å². The van der Waals surface area contributed by atoms with Gasteiger partial charge in [0.25, 0.3) is 0 Å². The van der Waals surface area contributed by atoms with Gasteiger partial charge in [-0.25, -0.2) is 4.98 Å². The normalized spacial score (nSPS) is 15.4. The first-order valence-electron chi connectivity index (χ1n) is 11.5. The van der Waals surface area contributed by atoms with Crippen LogP contribution in [-0.2, 0) is 17.9 Å². The number of nitrogens with one attached hydrogen (secondary N) is 1. The van der Waals surface area contributed by atoms with Crippen molar-refractivity contribution < 1.29 is 4.79 Å². The van der Waals surface area contributed by atoms with Crippen LogP contribution < -0.4 is 5.32 Å². The summed E-state index contributed by atoms with van der Waals surface area (Å²) in [5.74, 6) is 0.883. The highest BCUT2D eigenvalue weighted by Gasteiger charge is 2.30. The average Bonchev–Trinajstić information content (AvgIpc) is 3.44. The summed E-state index contributed by atoms with van der Waals surface area (Å²) in [6.45, 7) is 1.48. The van der Waals surface area contributed by atoms with Crippen LogP contribution in [0.1, 0.15) is 57.1 Å². The number of pyridine rings is 2. The van der Waals surface area contributed by atoms with Gasteiger partial charge in [-0.2, -0.15) is 0 Å². The smallest absolute Gasteiger partial charge is 0.223 e. The van der Waals surface area contributed by atoms with Crippen molar-refractivity contribution in [3.8, 4) is 0 Å². The Morgan fingerprint density at radius 1 is 1.10 bits per heavy atom. The molecule has 1 amide bonds. The third-order valence-electron chi connectivity index (χ3n) is 6.47. The lowest BCUT2D eigenvalue weighted by molar-refractivity contribution is -0.127. The molecule has 4 rings (SSSR count). The molecule has 3 aromatic rings. The van der Waals surface area contributed by atoms with Gasteiger partial charge in [-0.05, 0) is 71.8 Å². The first-order chi connectivity index (χ1) is 15.2. The van der Waals surface area contributed by atoms with Crippen LogP contribution in [0.2, 0.25) is 0 Å². The monoisotopic (exact) mass is 482 g/mol. The van der Waals surface area contributed by atoms with Crippen molar-refractivity contribution in [1.29, 1.82) is 0 Å². The van der Waals surface area contributed by atoms with E-state index in [0.29, 0.717) is 12.5 Å². The topological polar surface area (TPSA) is 59.8 Å². The van der Waals surface area contributed by atoms with E-state index >= 15 is 0 Å². The Hall–Kier alpha value is -2.21. The fraction of sp³-hybridized carbons (Fsp3) is 0.480. The quantitative estimate of drug-likeness (QED) is 0.367. The molecular weight excluding hydrogens is 452 g/mol. The summed E-state index contributed by atoms with van der Waals surface area (Å²) in [6.07, 6.45) is 14.9. The summed E-state index contributed by atoms with van der Waals surface area (Å²) in [7, 11) is 0. The van der Waals surface area contributed by atoms with Crippen molar-refractivity contribution in [2.45, 2.75) is 64.5 Å². The number of unbranched alkanes of at least 4 members (excludes halogenated alkanes) is 2. The summed E-state index contributed by atoms with van der Waals surface area (Å²) in [6, 6.07) is 9.89. The second kappa shape index (κ2) is 10.9. The van der Waals surface area contributed by atoms with E-state index in [1.165, 1.54) is 25.7 Å². The minimum absolute atomic E-state index is 0.134. The lowest BCUT2D eigenvalue weighted by Gasteiger charge is -2.22. The van der Waals surface area contributed by atoms with Crippen molar-refractivity contribution in [2.24, 2.45) is 11.8 Å². The highest BCUT2D eigenvalue weighted by Crippen LogP contribution is 2.34. The Labute approximate surface area is 192 Å². The highest BCUT2D eigenvalue weighted by molar-refractivity contribution is 9.10. The van der Waals surface area contributed by atoms with E-state index in [4.69, 9.17) is 0 Å². The molecule has 0 bridgehead atoms. The van der Waals surface area contributed by atoms with Gasteiger partial charge >= 0.3 is 0 Å². The summed E-state index contributed by atoms with van der Waals surface area (Å²) in [4.78, 5) is 21.8. The number of carbonyl (C=O) groups is 1. The Balaban J connectivity index is 1.26. The SMILES string of the molecule is O=C(NCc1ccccn1)C(CCCCCn1cc(Br)c2cccnc21)C1CCCC1. The van der Waals surface area contributed by atoms with Crippen LogP contribution in [0.4, 0.5) is 0 Å². The van der Waals surface area contributed by atoms with E-state index in [0.717, 1.165) is 53.4 Å². The number of nitrogens with zero attached hydrogens (tertiary/aromatic N) is 3. The summed E-state index contributed by atoms with van der Waals surface area (Å²) in [5, 5.41) is 4.31. The second-order valence-electron chi connectivity index (χ2n) is 8.58. The standard InChI is InChI=1S/C25H31BrN4O/c26-23-18-30(24-22(23)13-8-15-28-24)16-7-1-2-12-21(19-9-3-4-10-19)25(31)29-17-20-11-5-6-14-27-20/h5-6,8,11,13-15,18-19,21H,1-4,7,9-10,12,16-17H2,(H,29,31). The van der Waals surface area contributed by atoms with Gasteiger partial charge in [0.05, 0.1) is 12.2 Å². The van der Waals surface area contributed by atoms with Crippen LogP contribution in [0.25, 0.3) is 11.0 Å². The molecule has 31 heavy (non-hydrogen) atoms. The predicted molar refractivity (Wildman–Crippen MR) is 127 cm³/mol. The molecule has 5 nitrogen and oxygen atoms in total. The third-order valence-corrected chi connectivity index (χ3v) is 7.11. The first kappa shape index (κ1) is 22.0. The molecule has 0 spiro atoms. The van der Waals surface area contributed by atoms with Gasteiger partial charge in [0.1, 0.15) is 5.65 Å². The summed E-state index contributed by atoms with van der Waals surface area (Å²) >= 11 is 3.63. The molecule has 0 aliphatic heterocycles. The second-order valence-corrected chi connectivity index (χ2v) is 9.44. The van der Waals surface area contributed by atoms with Crippen LogP contribution in [0.15, 0.2) is 53.4 Å². The van der Waals surface area contributed by atoms with Crippen molar-refractivity contribution in [3.05, 3.63) is 59.1 Å². The molecule has 1 atom stereocenters. The van der Waals surface area contributed by atoms with Gasteiger partial charge in [-0.3, -0.25) is 9.78 Å². The van der Waals surface area contributed by atoms with E-state index in [1.54, 1.807) is 6.20 Å². The lowest BCUT2D eigenvalue weighted by atomic mass is 9.85. The predicted octanol–water partition coefficient (Wildman–Crippen LogP) is 5.88. The molecule has 6 heteroatoms. The van der Waals surface area contributed by atoms with Crippen molar-refractivity contribution in [3.63, 3.8) is 0 Å². The number of amides is 1. The van der Waals surface area contributed by atoms with Crippen LogP contribution in [0.5, 0.6) is 0 Å². The van der Waals surface area contributed by atoms with Crippen LogP contribution >= 0.6 is 15.9 Å². The van der Waals surface area contributed by atoms with Crippen LogP contribution in [-0.4, -0.2) is 20.4 Å². The number of fused-ring (bicyclic) bond motifs is 1. The number of aryl methyl sites for hydroxylation is 1. The Bertz CT molecular complexity index is 982. The van der Waals surface area contributed by atoms with E-state index in [-0.39, 0.29) is 11.8 Å². The third kappa shape index (κ3) is 5.73. The number of hydrogen-bond donors (Lipinski definition) is 1. The van der Waals surface area contributed by atoms with Crippen molar-refractivity contribution in [1.82, 2.24) is 19.9 Å². The maximum absolute atomic E-state index is 13.0. The number of carbonyl (C=O) groups excluding carboxylic acids is 1. The zero-order valence-electron chi connectivity index (χ0n) is 18.0. The molecule has 3 heterocycles. The fourth-order valence-electron chi connectivity index (χ4n) is 4.83. The first-order valence-corrected chi connectivity index (χ1v) is 12.3. The molecule has 1 saturated carbocycles. The van der Waals surface area contributed by atoms with Gasteiger partial charge in [-0.15, -0.1) is 0 Å². The summed E-state index contributed by atoms with van der Waals surface area (Å²) in [5.41, 5.74) is 1.95. The van der Waals surface area contributed by atoms with Crippen LogP contribution in [0.3, 0.4) is 0 Å². The molecule has 1 N–H and O–H groups in total. The van der Waals surface area contributed by atoms with Gasteiger partial charge in [0, 0.05) is 40.9 Å². The van der Waals surface area contributed by atoms with E-state index in [9.17, 15) is 4.79 Å². The average molecular weight is 483 g/mol. The highest BCUT2D eigenvalue weighted by atomic mass is 79.9. The fourth-order valence-corrected chi connectivity index (χ4v) is 5.38. The number of rotatable bonds is 10. The molecule has 3 aromatic heterocycles. The molecule has 0 radical (unpaired) electrons. The Kier molecular flexibility index (Phi) is 7.73. The molecule has 0 saturated heterocycles. The van der Waals surface area contributed by atoms with Gasteiger partial charge < -0.3 is 9.88 Å². The maximum Gasteiger partial charge on any atom is 0.223 e. The molecule has 0 aromatic carbocycles. The molecule has 1 aliphatic carbocycles. The zero-order chi connectivity index (χ0) is 21.5. The zero-order valence-corrected chi connectivity index (χ0v) is 19.6. The Morgan fingerprint density at radius 3 is 2.74 bits per heavy atom. The van der Waals surface area contributed by atoms with Crippen molar-refractivity contribution in [2.75, 3.05) is 0 Å². The van der Waals surface area contributed by atoms with Gasteiger partial charge in [0.15, 0.2) is 0 Å². The van der Waals surface area contributed by atoms with Gasteiger partial charge in [0.2, 0.25) is 5.91 Å². The number of hydrogen-bond acceptors (Lipinski definition) is 3. The minimum Gasteiger partial charge on any atom is -0.350 e. The molecule has 1 unspecified atom stereocenters. The van der Waals surface area contributed by atoms with Crippen LogP contribution in [0, 0.1) is 11.8 Å². The molecular formula is C25H31BrN4O. The lowest BCUT2D eigenvalue weighted by Crippen LogP contribution is -2.34. The largest absolute Gasteiger partial charge is 0.350 e. The summed E-state index contributed by atoms with van der Waals surface area (Å²) < 4.78 is 3.33. The van der Waals surface area contributed by atoms with E-state index in [1.807, 2.05) is 30.5 Å². The molecule has 1 fully saturated rings. The Morgan fingerprint density at radius 2 is 1.94 bits per heavy atom. The molecule has 164 valence electrons. The maximum atomic E-state index is 13.0. The van der Waals surface area contributed by atoms with Crippen molar-refractivity contribution >= 4 is 32.9 Å². The minimum atomic E-state index is 0.134. The number of aromatic nitrogens is 3.